The van der Waals surface area contributed by atoms with Crippen molar-refractivity contribution in [2.75, 3.05) is 33.3 Å². The Labute approximate surface area is 230 Å². The number of ether oxygens (including phenoxy) is 1. The van der Waals surface area contributed by atoms with Gasteiger partial charge in [-0.3, -0.25) is 24.0 Å². The van der Waals surface area contributed by atoms with Crippen LogP contribution in [0.3, 0.4) is 0 Å². The topological polar surface area (TPSA) is 137 Å². The molecule has 0 unspecified atom stereocenters. The summed E-state index contributed by atoms with van der Waals surface area (Å²) in [5, 5.41) is 8.37. The highest BCUT2D eigenvalue weighted by Crippen LogP contribution is 2.15. The predicted molar refractivity (Wildman–Crippen MR) is 144 cm³/mol. The van der Waals surface area contributed by atoms with Crippen molar-refractivity contribution >= 4 is 29.5 Å². The second-order valence-corrected chi connectivity index (χ2v) is 10.7. The molecule has 0 bridgehead atoms. The zero-order chi connectivity index (χ0) is 28.5. The van der Waals surface area contributed by atoms with Crippen LogP contribution >= 0.6 is 0 Å². The zero-order valence-corrected chi connectivity index (χ0v) is 23.3. The van der Waals surface area contributed by atoms with Crippen LogP contribution in [0.2, 0.25) is 0 Å². The van der Waals surface area contributed by atoms with E-state index < -0.39 is 47.9 Å². The van der Waals surface area contributed by atoms with E-state index in [2.05, 4.69) is 16.0 Å². The van der Waals surface area contributed by atoms with Crippen LogP contribution in [0.4, 0.5) is 0 Å². The molecule has 214 valence electrons. The van der Waals surface area contributed by atoms with E-state index >= 15 is 0 Å². The molecular formula is C28H41N5O6. The smallest absolute Gasteiger partial charge is 0.252 e. The number of likely N-dealkylation sites (N-methyl/N-ethyl adjacent to an activating group) is 1. The zero-order valence-electron chi connectivity index (χ0n) is 23.3. The third-order valence-corrected chi connectivity index (χ3v) is 7.10. The second kappa shape index (κ2) is 14.1. The first-order valence-electron chi connectivity index (χ1n) is 13.6. The Kier molecular flexibility index (Phi) is 10.8. The summed E-state index contributed by atoms with van der Waals surface area (Å²) in [6.45, 7) is 5.80. The Balaban J connectivity index is 1.89. The summed E-state index contributed by atoms with van der Waals surface area (Å²) < 4.78 is 5.54. The monoisotopic (exact) mass is 543 g/mol. The maximum Gasteiger partial charge on any atom is 0.252 e. The van der Waals surface area contributed by atoms with Crippen LogP contribution < -0.4 is 16.0 Å². The number of amides is 5. The minimum atomic E-state index is -0.899. The molecule has 5 amide bonds. The van der Waals surface area contributed by atoms with Crippen LogP contribution in [0.5, 0.6) is 0 Å². The molecule has 2 heterocycles. The van der Waals surface area contributed by atoms with Crippen LogP contribution in [0.15, 0.2) is 30.3 Å². The summed E-state index contributed by atoms with van der Waals surface area (Å²) in [6, 6.07) is 6.64. The van der Waals surface area contributed by atoms with Gasteiger partial charge in [-0.25, -0.2) is 0 Å². The quantitative estimate of drug-likeness (QED) is 0.486. The first-order chi connectivity index (χ1) is 18.6. The Bertz CT molecular complexity index is 1030. The van der Waals surface area contributed by atoms with Crippen molar-refractivity contribution in [1.82, 2.24) is 25.8 Å². The molecule has 3 N–H and O–H groups in total. The molecule has 2 aliphatic heterocycles. The van der Waals surface area contributed by atoms with E-state index in [4.69, 9.17) is 4.74 Å². The molecule has 1 aromatic carbocycles. The highest BCUT2D eigenvalue weighted by molar-refractivity contribution is 5.95. The van der Waals surface area contributed by atoms with Crippen LogP contribution in [0.1, 0.15) is 45.6 Å². The molecule has 11 heteroatoms. The van der Waals surface area contributed by atoms with E-state index in [1.165, 1.54) is 16.8 Å². The molecule has 0 aromatic heterocycles. The van der Waals surface area contributed by atoms with Crippen molar-refractivity contribution in [3.63, 3.8) is 0 Å². The lowest BCUT2D eigenvalue weighted by molar-refractivity contribution is -0.145. The van der Waals surface area contributed by atoms with Crippen molar-refractivity contribution in [2.45, 2.75) is 70.7 Å². The summed E-state index contributed by atoms with van der Waals surface area (Å²) in [5.41, 5.74) is 0.856. The Morgan fingerprint density at radius 2 is 1.77 bits per heavy atom. The van der Waals surface area contributed by atoms with Gasteiger partial charge < -0.3 is 30.5 Å². The lowest BCUT2D eigenvalue weighted by Gasteiger charge is -2.30. The van der Waals surface area contributed by atoms with Crippen molar-refractivity contribution in [3.05, 3.63) is 35.9 Å². The Hall–Kier alpha value is -3.47. The molecule has 11 nitrogen and oxygen atoms in total. The molecule has 39 heavy (non-hydrogen) atoms. The molecule has 1 aromatic rings. The van der Waals surface area contributed by atoms with Crippen molar-refractivity contribution < 1.29 is 28.7 Å². The average Bonchev–Trinajstić information content (AvgIpc) is 3.45. The number of hydrogen-bond acceptors (Lipinski definition) is 6. The molecule has 2 saturated heterocycles. The Morgan fingerprint density at radius 1 is 1.05 bits per heavy atom. The fourth-order valence-corrected chi connectivity index (χ4v) is 4.75. The van der Waals surface area contributed by atoms with Gasteiger partial charge in [-0.2, -0.15) is 0 Å². The molecule has 0 spiro atoms. The lowest BCUT2D eigenvalue weighted by Crippen LogP contribution is -2.57. The van der Waals surface area contributed by atoms with E-state index in [9.17, 15) is 24.0 Å². The number of benzene rings is 1. The fourth-order valence-electron chi connectivity index (χ4n) is 4.75. The highest BCUT2D eigenvalue weighted by atomic mass is 16.5. The molecule has 0 radical (unpaired) electrons. The van der Waals surface area contributed by atoms with E-state index in [-0.39, 0.29) is 37.9 Å². The third kappa shape index (κ3) is 8.51. The largest absolute Gasteiger partial charge is 0.368 e. The molecule has 0 saturated carbocycles. The van der Waals surface area contributed by atoms with Gasteiger partial charge in [-0.15, -0.1) is 0 Å². The summed E-state index contributed by atoms with van der Waals surface area (Å²) >= 11 is 0. The van der Waals surface area contributed by atoms with Gasteiger partial charge in [0.15, 0.2) is 0 Å². The van der Waals surface area contributed by atoms with Gasteiger partial charge in [0.05, 0.1) is 6.54 Å². The van der Waals surface area contributed by atoms with Crippen LogP contribution in [-0.2, 0) is 35.1 Å². The van der Waals surface area contributed by atoms with Crippen LogP contribution in [-0.4, -0.2) is 96.9 Å². The number of carbonyl (C=O) groups is 5. The summed E-state index contributed by atoms with van der Waals surface area (Å²) in [5.74, 6) is -2.06. The van der Waals surface area contributed by atoms with E-state index in [0.29, 0.717) is 19.4 Å². The summed E-state index contributed by atoms with van der Waals surface area (Å²) in [6.07, 6.45) is 1.28. The average molecular weight is 544 g/mol. The van der Waals surface area contributed by atoms with Crippen LogP contribution in [0, 0.1) is 5.92 Å². The summed E-state index contributed by atoms with van der Waals surface area (Å²) in [4.78, 5) is 68.7. The number of nitrogens with zero attached hydrogens (tertiary/aromatic N) is 2. The standard InChI is InChI=1S/C28H41N5O6/c1-18(2)15-22-27(37)32(4)19(3)25(35)31-21(16-20-9-6-5-7-10-20)26(36)29-12-13-33(17-24(34)30-22)28(38)23-11-8-14-39-23/h5-7,9-10,18-19,21-23H,8,11-17H2,1-4H3,(H,29,36)(H,30,34)(H,31,35)/t19-,21-,22-,23+/m0/s1. The number of hydrogen-bond donors (Lipinski definition) is 3. The number of carbonyl (C=O) groups excluding carboxylic acids is 5. The van der Waals surface area contributed by atoms with Gasteiger partial charge in [-0.1, -0.05) is 44.2 Å². The number of nitrogens with one attached hydrogen (secondary N) is 3. The molecular weight excluding hydrogens is 502 g/mol. The minimum absolute atomic E-state index is 0.0724. The first-order valence-corrected chi connectivity index (χ1v) is 13.6. The van der Waals surface area contributed by atoms with Crippen molar-refractivity contribution in [2.24, 2.45) is 5.92 Å². The molecule has 4 atom stereocenters. The summed E-state index contributed by atoms with van der Waals surface area (Å²) in [7, 11) is 1.50. The third-order valence-electron chi connectivity index (χ3n) is 7.10. The first kappa shape index (κ1) is 30.1. The maximum atomic E-state index is 13.4. The van der Waals surface area contributed by atoms with Crippen molar-refractivity contribution in [3.8, 4) is 0 Å². The van der Waals surface area contributed by atoms with E-state index in [1.54, 1.807) is 6.92 Å². The highest BCUT2D eigenvalue weighted by Gasteiger charge is 2.34. The van der Waals surface area contributed by atoms with Crippen LogP contribution in [0.25, 0.3) is 0 Å². The molecule has 2 aliphatic rings. The van der Waals surface area contributed by atoms with E-state index in [1.807, 2.05) is 44.2 Å². The molecule has 0 aliphatic carbocycles. The molecule has 2 fully saturated rings. The van der Waals surface area contributed by atoms with Crippen molar-refractivity contribution in [1.29, 1.82) is 0 Å². The van der Waals surface area contributed by atoms with Gasteiger partial charge in [0.2, 0.25) is 23.6 Å². The van der Waals surface area contributed by atoms with Gasteiger partial charge in [0, 0.05) is 33.2 Å². The predicted octanol–water partition coefficient (Wildman–Crippen LogP) is 0.229. The normalized spacial score (nSPS) is 26.0. The molecule has 3 rings (SSSR count). The number of rotatable bonds is 5. The van der Waals surface area contributed by atoms with Gasteiger partial charge in [0.25, 0.3) is 5.91 Å². The van der Waals surface area contributed by atoms with Gasteiger partial charge in [-0.05, 0) is 37.7 Å². The Morgan fingerprint density at radius 3 is 2.41 bits per heavy atom. The fraction of sp³-hybridized carbons (Fsp3) is 0.607. The van der Waals surface area contributed by atoms with Gasteiger partial charge in [0.1, 0.15) is 24.2 Å². The minimum Gasteiger partial charge on any atom is -0.368 e. The maximum absolute atomic E-state index is 13.4. The SMILES string of the molecule is CC(C)C[C@@H]1NC(=O)CN(C(=O)[C@H]2CCCO2)CCNC(=O)[C@H](Cc2ccccc2)NC(=O)[C@H](C)N(C)C1=O. The lowest BCUT2D eigenvalue weighted by atomic mass is 10.0. The van der Waals surface area contributed by atoms with E-state index in [0.717, 1.165) is 12.0 Å². The van der Waals surface area contributed by atoms with Gasteiger partial charge >= 0.3 is 0 Å². The second-order valence-electron chi connectivity index (χ2n) is 10.7.